The van der Waals surface area contributed by atoms with Gasteiger partial charge in [-0.2, -0.15) is 10.1 Å². The average Bonchev–Trinajstić information content (AvgIpc) is 3.22. The van der Waals surface area contributed by atoms with Crippen molar-refractivity contribution < 1.29 is 14.3 Å². The van der Waals surface area contributed by atoms with Crippen LogP contribution in [0, 0.1) is 13.8 Å². The number of esters is 1. The number of anilines is 2. The molecule has 4 aromatic rings. The molecule has 0 bridgehead atoms. The van der Waals surface area contributed by atoms with Crippen LogP contribution in [-0.4, -0.2) is 38.2 Å². The first-order chi connectivity index (χ1) is 17.4. The van der Waals surface area contributed by atoms with Crippen LogP contribution >= 0.6 is 0 Å². The SMILES string of the molecule is CCOC(=O)c1cnc(-n2nc(C)cc2C)nc1Nc1ccccc1C(=O)NC(C)c1ccccc1. The van der Waals surface area contributed by atoms with Crippen molar-refractivity contribution >= 4 is 23.4 Å². The van der Waals surface area contributed by atoms with Crippen molar-refractivity contribution in [3.63, 3.8) is 0 Å². The molecule has 0 saturated heterocycles. The summed E-state index contributed by atoms with van der Waals surface area (Å²) in [6, 6.07) is 18.5. The third kappa shape index (κ3) is 5.41. The number of hydrogen-bond acceptors (Lipinski definition) is 7. The van der Waals surface area contributed by atoms with Gasteiger partial charge < -0.3 is 15.4 Å². The second-order valence-corrected chi connectivity index (χ2v) is 8.27. The van der Waals surface area contributed by atoms with Crippen molar-refractivity contribution in [2.45, 2.75) is 33.7 Å². The van der Waals surface area contributed by atoms with Gasteiger partial charge in [-0.1, -0.05) is 42.5 Å². The number of amides is 1. The highest BCUT2D eigenvalue weighted by Crippen LogP contribution is 2.25. The molecule has 1 amide bonds. The summed E-state index contributed by atoms with van der Waals surface area (Å²) in [6.07, 6.45) is 1.40. The number of carbonyl (C=O) groups is 2. The van der Waals surface area contributed by atoms with E-state index in [4.69, 9.17) is 4.74 Å². The summed E-state index contributed by atoms with van der Waals surface area (Å²) in [5.41, 5.74) is 3.69. The van der Waals surface area contributed by atoms with Gasteiger partial charge in [0.15, 0.2) is 5.82 Å². The minimum absolute atomic E-state index is 0.148. The highest BCUT2D eigenvalue weighted by molar-refractivity contribution is 6.01. The topological polar surface area (TPSA) is 111 Å². The number of nitrogens with zero attached hydrogens (tertiary/aromatic N) is 4. The largest absolute Gasteiger partial charge is 0.462 e. The minimum atomic E-state index is -0.570. The second kappa shape index (κ2) is 10.8. The summed E-state index contributed by atoms with van der Waals surface area (Å²) in [4.78, 5) is 34.8. The Morgan fingerprint density at radius 2 is 1.75 bits per heavy atom. The van der Waals surface area contributed by atoms with Crippen molar-refractivity contribution in [3.05, 3.63) is 94.9 Å². The van der Waals surface area contributed by atoms with Gasteiger partial charge in [-0.3, -0.25) is 4.79 Å². The maximum atomic E-state index is 13.2. The van der Waals surface area contributed by atoms with E-state index in [1.807, 2.05) is 57.2 Å². The smallest absolute Gasteiger partial charge is 0.343 e. The molecule has 1 unspecified atom stereocenters. The van der Waals surface area contributed by atoms with Crippen molar-refractivity contribution in [2.24, 2.45) is 0 Å². The Morgan fingerprint density at radius 1 is 1.03 bits per heavy atom. The zero-order valence-corrected chi connectivity index (χ0v) is 20.6. The molecular weight excluding hydrogens is 456 g/mol. The molecule has 4 rings (SSSR count). The molecule has 0 aliphatic heterocycles. The van der Waals surface area contributed by atoms with Crippen LogP contribution in [0.15, 0.2) is 66.9 Å². The van der Waals surface area contributed by atoms with Crippen LogP contribution < -0.4 is 10.6 Å². The quantitative estimate of drug-likeness (QED) is 0.349. The molecule has 2 aromatic carbocycles. The lowest BCUT2D eigenvalue weighted by molar-refractivity contribution is 0.0526. The first-order valence-electron chi connectivity index (χ1n) is 11.7. The molecule has 0 saturated carbocycles. The lowest BCUT2D eigenvalue weighted by Crippen LogP contribution is -2.27. The van der Waals surface area contributed by atoms with E-state index in [2.05, 4.69) is 25.7 Å². The molecule has 0 spiro atoms. The average molecular weight is 485 g/mol. The van der Waals surface area contributed by atoms with E-state index in [1.165, 1.54) is 6.20 Å². The first kappa shape index (κ1) is 24.6. The number of hydrogen-bond donors (Lipinski definition) is 2. The van der Waals surface area contributed by atoms with Gasteiger partial charge in [0, 0.05) is 11.9 Å². The Labute approximate surface area is 209 Å². The van der Waals surface area contributed by atoms with E-state index in [1.54, 1.807) is 35.9 Å². The molecule has 9 heteroatoms. The van der Waals surface area contributed by atoms with Gasteiger partial charge >= 0.3 is 5.97 Å². The maximum Gasteiger partial charge on any atom is 0.343 e. The molecule has 0 aliphatic rings. The number of ether oxygens (including phenoxy) is 1. The molecule has 1 atom stereocenters. The highest BCUT2D eigenvalue weighted by atomic mass is 16.5. The Morgan fingerprint density at radius 3 is 2.44 bits per heavy atom. The molecule has 2 N–H and O–H groups in total. The van der Waals surface area contributed by atoms with Crippen LogP contribution in [0.5, 0.6) is 0 Å². The van der Waals surface area contributed by atoms with E-state index < -0.39 is 5.97 Å². The van der Waals surface area contributed by atoms with E-state index in [0.717, 1.165) is 17.0 Å². The van der Waals surface area contributed by atoms with Gasteiger partial charge in [-0.15, -0.1) is 0 Å². The van der Waals surface area contributed by atoms with Crippen LogP contribution in [0.2, 0.25) is 0 Å². The number of benzene rings is 2. The second-order valence-electron chi connectivity index (χ2n) is 8.27. The number of carbonyl (C=O) groups excluding carboxylic acids is 2. The van der Waals surface area contributed by atoms with Crippen molar-refractivity contribution in [1.82, 2.24) is 25.1 Å². The van der Waals surface area contributed by atoms with Crippen molar-refractivity contribution in [3.8, 4) is 5.95 Å². The number of para-hydroxylation sites is 1. The number of rotatable bonds is 8. The molecule has 0 aliphatic carbocycles. The third-order valence-electron chi connectivity index (χ3n) is 5.54. The summed E-state index contributed by atoms with van der Waals surface area (Å²) in [7, 11) is 0. The molecule has 36 heavy (non-hydrogen) atoms. The Kier molecular flexibility index (Phi) is 7.39. The molecule has 2 aromatic heterocycles. The predicted octanol–water partition coefficient (Wildman–Crippen LogP) is 4.69. The fraction of sp³-hybridized carbons (Fsp3) is 0.222. The normalized spacial score (nSPS) is 11.6. The summed E-state index contributed by atoms with van der Waals surface area (Å²) in [5, 5.41) is 10.6. The fourth-order valence-corrected chi connectivity index (χ4v) is 3.78. The summed E-state index contributed by atoms with van der Waals surface area (Å²) >= 11 is 0. The van der Waals surface area contributed by atoms with Crippen LogP contribution in [0.25, 0.3) is 5.95 Å². The lowest BCUT2D eigenvalue weighted by atomic mass is 10.1. The van der Waals surface area contributed by atoms with Crippen molar-refractivity contribution in [1.29, 1.82) is 0 Å². The Balaban J connectivity index is 1.68. The molecule has 9 nitrogen and oxygen atoms in total. The molecule has 184 valence electrons. The third-order valence-corrected chi connectivity index (χ3v) is 5.54. The number of aryl methyl sites for hydroxylation is 2. The fourth-order valence-electron chi connectivity index (χ4n) is 3.78. The van der Waals surface area contributed by atoms with Gasteiger partial charge in [-0.25, -0.2) is 14.5 Å². The Hall–Kier alpha value is -4.53. The van der Waals surface area contributed by atoms with Crippen LogP contribution in [0.1, 0.15) is 57.6 Å². The van der Waals surface area contributed by atoms with Crippen LogP contribution in [0.3, 0.4) is 0 Å². The van der Waals surface area contributed by atoms with Crippen LogP contribution in [-0.2, 0) is 4.74 Å². The summed E-state index contributed by atoms with van der Waals surface area (Å²) in [5.74, 6) is -0.336. The van der Waals surface area contributed by atoms with Crippen LogP contribution in [0.4, 0.5) is 11.5 Å². The van der Waals surface area contributed by atoms with Gasteiger partial charge in [0.05, 0.1) is 29.6 Å². The minimum Gasteiger partial charge on any atom is -0.462 e. The summed E-state index contributed by atoms with van der Waals surface area (Å²) < 4.78 is 6.79. The first-order valence-corrected chi connectivity index (χ1v) is 11.7. The van der Waals surface area contributed by atoms with E-state index >= 15 is 0 Å². The molecule has 0 fully saturated rings. The molecule has 2 heterocycles. The van der Waals surface area contributed by atoms with E-state index in [0.29, 0.717) is 11.3 Å². The maximum absolute atomic E-state index is 13.2. The van der Waals surface area contributed by atoms with Crippen molar-refractivity contribution in [2.75, 3.05) is 11.9 Å². The van der Waals surface area contributed by atoms with Gasteiger partial charge in [0.1, 0.15) is 5.56 Å². The van der Waals surface area contributed by atoms with Gasteiger partial charge in [0.25, 0.3) is 11.9 Å². The monoisotopic (exact) mass is 484 g/mol. The van der Waals surface area contributed by atoms with Gasteiger partial charge in [0.2, 0.25) is 0 Å². The standard InChI is InChI=1S/C27H28N6O3/c1-5-36-26(35)22-16-28-27(33-18(3)15-17(2)32-33)31-24(22)30-23-14-10-9-13-21(23)25(34)29-19(4)20-11-7-6-8-12-20/h6-16,19H,5H2,1-4H3,(H,29,34)(H,28,30,31). The van der Waals surface area contributed by atoms with E-state index in [9.17, 15) is 9.59 Å². The molecular formula is C27H28N6O3. The number of aromatic nitrogens is 4. The Bertz CT molecular complexity index is 1380. The van der Waals surface area contributed by atoms with E-state index in [-0.39, 0.29) is 35.9 Å². The predicted molar refractivity (Wildman–Crippen MR) is 137 cm³/mol. The molecule has 0 radical (unpaired) electrons. The van der Waals surface area contributed by atoms with Gasteiger partial charge in [-0.05, 0) is 51.5 Å². The highest BCUT2D eigenvalue weighted by Gasteiger charge is 2.21. The lowest BCUT2D eigenvalue weighted by Gasteiger charge is -2.17. The zero-order valence-electron chi connectivity index (χ0n) is 20.6. The summed E-state index contributed by atoms with van der Waals surface area (Å²) in [6.45, 7) is 7.62. The zero-order chi connectivity index (χ0) is 25.7. The number of nitrogens with one attached hydrogen (secondary N) is 2.